The molecule has 0 aromatic carbocycles. The van der Waals surface area contributed by atoms with Crippen LogP contribution in [0.25, 0.3) is 0 Å². The smallest absolute Gasteiger partial charge is 0.119 e. The highest BCUT2D eigenvalue weighted by Gasteiger charge is 2.34. The first-order valence-corrected chi connectivity index (χ1v) is 7.36. The van der Waals surface area contributed by atoms with E-state index in [1.807, 2.05) is 0 Å². The van der Waals surface area contributed by atoms with Crippen molar-refractivity contribution in [3.05, 3.63) is 34.1 Å². The highest BCUT2D eigenvalue weighted by atomic mass is 35.5. The van der Waals surface area contributed by atoms with Gasteiger partial charge in [0.15, 0.2) is 0 Å². The summed E-state index contributed by atoms with van der Waals surface area (Å²) in [5.74, 6) is 2.63. The molecular formula is C15H22ClNOS. The number of likely N-dealkylation sites (N-methyl/N-ethyl adjacent to an activating group) is 1. The number of hydrogen-bond acceptors (Lipinski definition) is 3. The van der Waals surface area contributed by atoms with Crippen molar-refractivity contribution >= 4 is 25.0 Å². The van der Waals surface area contributed by atoms with Gasteiger partial charge in [0.2, 0.25) is 0 Å². The van der Waals surface area contributed by atoms with Gasteiger partial charge < -0.3 is 9.64 Å². The molecule has 0 saturated carbocycles. The molecule has 106 valence electrons. The maximum atomic E-state index is 5.50. The SMILES string of the molecule is COC1=CCC2=C3CN(C)CC3CCC2=C1CS.Cl. The lowest BCUT2D eigenvalue weighted by Crippen LogP contribution is -2.17. The van der Waals surface area contributed by atoms with E-state index in [4.69, 9.17) is 4.74 Å². The predicted molar refractivity (Wildman–Crippen MR) is 85.1 cm³/mol. The Labute approximate surface area is 127 Å². The molecule has 19 heavy (non-hydrogen) atoms. The molecule has 0 aromatic rings. The van der Waals surface area contributed by atoms with Gasteiger partial charge in [-0.3, -0.25) is 0 Å². The van der Waals surface area contributed by atoms with Gasteiger partial charge in [0, 0.05) is 24.4 Å². The first-order chi connectivity index (χ1) is 8.74. The van der Waals surface area contributed by atoms with Crippen molar-refractivity contribution < 1.29 is 4.74 Å². The summed E-state index contributed by atoms with van der Waals surface area (Å²) in [4.78, 5) is 2.45. The van der Waals surface area contributed by atoms with Crippen molar-refractivity contribution in [1.29, 1.82) is 0 Å². The normalized spacial score (nSPS) is 26.7. The highest BCUT2D eigenvalue weighted by Crippen LogP contribution is 2.44. The molecule has 2 aliphatic carbocycles. The van der Waals surface area contributed by atoms with Crippen LogP contribution in [0.1, 0.15) is 19.3 Å². The summed E-state index contributed by atoms with van der Waals surface area (Å²) in [6.07, 6.45) is 5.79. The van der Waals surface area contributed by atoms with Crippen molar-refractivity contribution in [3.63, 3.8) is 0 Å². The van der Waals surface area contributed by atoms with Crippen molar-refractivity contribution in [2.24, 2.45) is 5.92 Å². The Hall–Kier alpha value is -0.380. The molecule has 1 fully saturated rings. The number of hydrogen-bond donors (Lipinski definition) is 1. The van der Waals surface area contributed by atoms with Gasteiger partial charge in [-0.1, -0.05) is 0 Å². The van der Waals surface area contributed by atoms with Crippen LogP contribution in [0.5, 0.6) is 0 Å². The van der Waals surface area contributed by atoms with Gasteiger partial charge in [-0.2, -0.15) is 12.6 Å². The quantitative estimate of drug-likeness (QED) is 0.786. The van der Waals surface area contributed by atoms with E-state index in [-0.39, 0.29) is 12.4 Å². The number of methoxy groups -OCH3 is 1. The van der Waals surface area contributed by atoms with Crippen molar-refractivity contribution in [1.82, 2.24) is 4.90 Å². The van der Waals surface area contributed by atoms with Gasteiger partial charge in [0.05, 0.1) is 7.11 Å². The number of nitrogens with zero attached hydrogens (tertiary/aromatic N) is 1. The fourth-order valence-electron chi connectivity index (χ4n) is 3.68. The molecule has 4 heteroatoms. The van der Waals surface area contributed by atoms with Crippen LogP contribution in [0.3, 0.4) is 0 Å². The Morgan fingerprint density at radius 1 is 1.42 bits per heavy atom. The second kappa shape index (κ2) is 5.94. The summed E-state index contributed by atoms with van der Waals surface area (Å²) in [7, 11) is 4.00. The third-order valence-electron chi connectivity index (χ3n) is 4.49. The minimum atomic E-state index is 0. The van der Waals surface area contributed by atoms with Gasteiger partial charge in [-0.05, 0) is 55.0 Å². The second-order valence-corrected chi connectivity index (χ2v) is 5.84. The van der Waals surface area contributed by atoms with E-state index < -0.39 is 0 Å². The minimum absolute atomic E-state index is 0. The van der Waals surface area contributed by atoms with E-state index in [1.165, 1.54) is 30.5 Å². The average Bonchev–Trinajstić information content (AvgIpc) is 2.77. The highest BCUT2D eigenvalue weighted by molar-refractivity contribution is 7.80. The molecular weight excluding hydrogens is 278 g/mol. The van der Waals surface area contributed by atoms with E-state index in [0.29, 0.717) is 0 Å². The summed E-state index contributed by atoms with van der Waals surface area (Å²) in [6.45, 7) is 2.39. The van der Waals surface area contributed by atoms with Crippen LogP contribution in [0, 0.1) is 5.92 Å². The van der Waals surface area contributed by atoms with Gasteiger partial charge in [0.1, 0.15) is 5.76 Å². The summed E-state index contributed by atoms with van der Waals surface area (Å²) in [5, 5.41) is 0. The molecule has 1 aliphatic heterocycles. The molecule has 0 amide bonds. The number of thiol groups is 1. The van der Waals surface area contributed by atoms with Gasteiger partial charge in [0.25, 0.3) is 0 Å². The molecule has 0 aromatic heterocycles. The lowest BCUT2D eigenvalue weighted by molar-refractivity contribution is 0.297. The number of rotatable bonds is 2. The first-order valence-electron chi connectivity index (χ1n) is 6.72. The zero-order chi connectivity index (χ0) is 12.7. The number of allylic oxidation sites excluding steroid dienone is 4. The van der Waals surface area contributed by atoms with Crippen LogP contribution in [-0.2, 0) is 4.74 Å². The van der Waals surface area contributed by atoms with Crippen LogP contribution in [-0.4, -0.2) is 37.9 Å². The Kier molecular flexibility index (Phi) is 4.70. The molecule has 1 atom stereocenters. The van der Waals surface area contributed by atoms with Gasteiger partial charge in [-0.25, -0.2) is 0 Å². The number of likely N-dealkylation sites (tertiary alicyclic amines) is 1. The van der Waals surface area contributed by atoms with Crippen LogP contribution < -0.4 is 0 Å². The van der Waals surface area contributed by atoms with Crippen LogP contribution in [0.15, 0.2) is 34.1 Å². The fraction of sp³-hybridized carbons (Fsp3) is 0.600. The third kappa shape index (κ3) is 2.48. The molecule has 0 spiro atoms. The van der Waals surface area contributed by atoms with E-state index >= 15 is 0 Å². The van der Waals surface area contributed by atoms with E-state index in [9.17, 15) is 0 Å². The lowest BCUT2D eigenvalue weighted by Gasteiger charge is -2.30. The molecule has 0 radical (unpaired) electrons. The lowest BCUT2D eigenvalue weighted by atomic mass is 9.76. The zero-order valence-electron chi connectivity index (χ0n) is 11.6. The third-order valence-corrected chi connectivity index (χ3v) is 4.81. The molecule has 0 bridgehead atoms. The topological polar surface area (TPSA) is 12.5 Å². The van der Waals surface area contributed by atoms with E-state index in [2.05, 4.69) is 30.7 Å². The number of fused-ring (bicyclic) bond motifs is 2. The van der Waals surface area contributed by atoms with Crippen molar-refractivity contribution in [3.8, 4) is 0 Å². The summed E-state index contributed by atoms with van der Waals surface area (Å²) in [5.41, 5.74) is 6.14. The molecule has 1 heterocycles. The summed E-state index contributed by atoms with van der Waals surface area (Å²) in [6, 6.07) is 0. The molecule has 0 N–H and O–H groups in total. The Morgan fingerprint density at radius 2 is 2.21 bits per heavy atom. The van der Waals surface area contributed by atoms with Crippen molar-refractivity contribution in [2.45, 2.75) is 19.3 Å². The Balaban J connectivity index is 0.00000133. The van der Waals surface area contributed by atoms with E-state index in [1.54, 1.807) is 18.3 Å². The van der Waals surface area contributed by atoms with Gasteiger partial charge >= 0.3 is 0 Å². The molecule has 2 nitrogen and oxygen atoms in total. The number of ether oxygens (including phenoxy) is 1. The molecule has 3 rings (SSSR count). The van der Waals surface area contributed by atoms with Crippen LogP contribution >= 0.6 is 25.0 Å². The first kappa shape index (κ1) is 15.0. The largest absolute Gasteiger partial charge is 0.497 e. The number of halogens is 1. The summed E-state index contributed by atoms with van der Waals surface area (Å²) >= 11 is 4.50. The average molecular weight is 300 g/mol. The predicted octanol–water partition coefficient (Wildman–Crippen LogP) is 3.22. The van der Waals surface area contributed by atoms with Gasteiger partial charge in [-0.15, -0.1) is 12.4 Å². The summed E-state index contributed by atoms with van der Waals surface area (Å²) < 4.78 is 5.50. The van der Waals surface area contributed by atoms with E-state index in [0.717, 1.165) is 30.4 Å². The van der Waals surface area contributed by atoms with Crippen LogP contribution in [0.4, 0.5) is 0 Å². The Morgan fingerprint density at radius 3 is 2.89 bits per heavy atom. The zero-order valence-corrected chi connectivity index (χ0v) is 13.3. The maximum Gasteiger partial charge on any atom is 0.119 e. The molecule has 3 aliphatic rings. The second-order valence-electron chi connectivity index (χ2n) is 5.53. The fourth-order valence-corrected chi connectivity index (χ4v) is 4.02. The van der Waals surface area contributed by atoms with Crippen LogP contribution in [0.2, 0.25) is 0 Å². The maximum absolute atomic E-state index is 5.50. The Bertz CT molecular complexity index is 467. The monoisotopic (exact) mass is 299 g/mol. The van der Waals surface area contributed by atoms with Crippen molar-refractivity contribution in [2.75, 3.05) is 33.0 Å². The molecule has 1 saturated heterocycles. The molecule has 1 unspecified atom stereocenters. The minimum Gasteiger partial charge on any atom is -0.497 e. The standard InChI is InChI=1S/C15H21NOS.ClH/c1-16-7-10-3-4-12-11(13(10)8-16)5-6-15(17-2)14(12)9-18;/h6,10,18H,3-5,7-9H2,1-2H3;1H.